The van der Waals surface area contributed by atoms with E-state index in [4.69, 9.17) is 5.73 Å². The molecule has 0 spiro atoms. The van der Waals surface area contributed by atoms with E-state index < -0.39 is 11.7 Å². The summed E-state index contributed by atoms with van der Waals surface area (Å²) in [5, 5.41) is 0. The highest BCUT2D eigenvalue weighted by atomic mass is 19.4. The van der Waals surface area contributed by atoms with Crippen molar-refractivity contribution in [2.75, 3.05) is 13.6 Å². The Morgan fingerprint density at radius 3 is 2.17 bits per heavy atom. The first-order valence-corrected chi connectivity index (χ1v) is 8.19. The van der Waals surface area contributed by atoms with Crippen LogP contribution in [0.25, 0.3) is 0 Å². The lowest BCUT2D eigenvalue weighted by Crippen LogP contribution is -2.35. The summed E-state index contributed by atoms with van der Waals surface area (Å²) in [4.78, 5) is 13.9. The Kier molecular flexibility index (Phi) is 7.27. The molecule has 24 heavy (non-hydrogen) atoms. The van der Waals surface area contributed by atoms with Gasteiger partial charge < -0.3 is 10.6 Å². The first-order valence-electron chi connectivity index (χ1n) is 8.19. The average molecular weight is 344 g/mol. The van der Waals surface area contributed by atoms with Crippen LogP contribution in [0.15, 0.2) is 24.3 Å². The highest BCUT2D eigenvalue weighted by Gasteiger charge is 2.30. The molecule has 0 heterocycles. The molecular weight excluding hydrogens is 317 g/mol. The third kappa shape index (κ3) is 6.15. The number of halogens is 3. The lowest BCUT2D eigenvalue weighted by Gasteiger charge is -2.23. The van der Waals surface area contributed by atoms with Gasteiger partial charge in [-0.25, -0.2) is 0 Å². The molecule has 3 nitrogen and oxygen atoms in total. The summed E-state index contributed by atoms with van der Waals surface area (Å²) < 4.78 is 37.7. The van der Waals surface area contributed by atoms with Gasteiger partial charge in [0.05, 0.1) is 5.56 Å². The van der Waals surface area contributed by atoms with Gasteiger partial charge in [0.25, 0.3) is 0 Å². The normalized spacial score (nSPS) is 14.5. The van der Waals surface area contributed by atoms with Gasteiger partial charge in [0, 0.05) is 26.1 Å². The van der Waals surface area contributed by atoms with Gasteiger partial charge in [-0.15, -0.1) is 0 Å². The van der Waals surface area contributed by atoms with Gasteiger partial charge in [0.1, 0.15) is 0 Å². The first-order chi connectivity index (χ1) is 11.0. The third-order valence-corrected chi connectivity index (χ3v) is 4.37. The number of hydrogen-bond acceptors (Lipinski definition) is 2. The van der Waals surface area contributed by atoms with Crippen LogP contribution in [-0.2, 0) is 11.0 Å². The molecule has 0 saturated heterocycles. The zero-order valence-corrected chi connectivity index (χ0v) is 14.7. The molecule has 0 aliphatic heterocycles. The molecule has 0 saturated carbocycles. The Labute approximate surface area is 142 Å². The van der Waals surface area contributed by atoms with Gasteiger partial charge in [0.15, 0.2) is 0 Å². The molecule has 136 valence electrons. The quantitative estimate of drug-likeness (QED) is 0.812. The molecule has 2 unspecified atom stereocenters. The van der Waals surface area contributed by atoms with Crippen LogP contribution in [0.1, 0.15) is 50.7 Å². The number of hydrogen-bond donors (Lipinski definition) is 1. The van der Waals surface area contributed by atoms with Crippen molar-refractivity contribution in [3.63, 3.8) is 0 Å². The molecule has 1 amide bonds. The second kappa shape index (κ2) is 8.51. The van der Waals surface area contributed by atoms with Crippen molar-refractivity contribution in [3.8, 4) is 0 Å². The maximum Gasteiger partial charge on any atom is 0.416 e. The predicted molar refractivity (Wildman–Crippen MR) is 89.5 cm³/mol. The lowest BCUT2D eigenvalue weighted by atomic mass is 9.96. The van der Waals surface area contributed by atoms with E-state index in [2.05, 4.69) is 0 Å². The zero-order chi connectivity index (χ0) is 18.5. The minimum Gasteiger partial charge on any atom is -0.346 e. The SMILES string of the molecule is CC(CC(=O)N(C)CCC(N)C(C)C)c1ccc(C(F)(F)F)cc1. The van der Waals surface area contributed by atoms with Gasteiger partial charge in [0.2, 0.25) is 5.91 Å². The zero-order valence-electron chi connectivity index (χ0n) is 14.7. The van der Waals surface area contributed by atoms with E-state index in [0.29, 0.717) is 12.5 Å². The van der Waals surface area contributed by atoms with Crippen LogP contribution in [0.4, 0.5) is 13.2 Å². The van der Waals surface area contributed by atoms with Gasteiger partial charge in [-0.2, -0.15) is 13.2 Å². The number of nitrogens with zero attached hydrogens (tertiary/aromatic N) is 1. The maximum atomic E-state index is 12.6. The van der Waals surface area contributed by atoms with E-state index in [0.717, 1.165) is 24.1 Å². The summed E-state index contributed by atoms with van der Waals surface area (Å²) in [6, 6.07) is 5.04. The number of carbonyl (C=O) groups is 1. The summed E-state index contributed by atoms with van der Waals surface area (Å²) in [7, 11) is 1.73. The summed E-state index contributed by atoms with van der Waals surface area (Å²) in [5.74, 6) is 0.193. The van der Waals surface area contributed by atoms with E-state index in [1.165, 1.54) is 12.1 Å². The Bertz CT molecular complexity index is 526. The smallest absolute Gasteiger partial charge is 0.346 e. The molecule has 1 aromatic rings. The molecule has 0 fully saturated rings. The van der Waals surface area contributed by atoms with Crippen molar-refractivity contribution in [1.82, 2.24) is 4.90 Å². The topological polar surface area (TPSA) is 46.3 Å². The average Bonchev–Trinajstić information content (AvgIpc) is 2.51. The van der Waals surface area contributed by atoms with Crippen LogP contribution >= 0.6 is 0 Å². The van der Waals surface area contributed by atoms with E-state index in [1.54, 1.807) is 11.9 Å². The van der Waals surface area contributed by atoms with Gasteiger partial charge in [-0.1, -0.05) is 32.9 Å². The van der Waals surface area contributed by atoms with Crippen molar-refractivity contribution in [2.24, 2.45) is 11.7 Å². The van der Waals surface area contributed by atoms with Gasteiger partial charge in [-0.05, 0) is 36.0 Å². The van der Waals surface area contributed by atoms with Crippen molar-refractivity contribution in [2.45, 2.75) is 51.7 Å². The Morgan fingerprint density at radius 2 is 1.71 bits per heavy atom. The standard InChI is InChI=1S/C18H27F3N2O/c1-12(2)16(22)9-10-23(4)17(24)11-13(3)14-5-7-15(8-6-14)18(19,20)21/h5-8,12-13,16H,9-11,22H2,1-4H3. The van der Waals surface area contributed by atoms with Crippen LogP contribution in [0, 0.1) is 5.92 Å². The third-order valence-electron chi connectivity index (χ3n) is 4.37. The molecule has 6 heteroatoms. The summed E-state index contributed by atoms with van der Waals surface area (Å²) in [5.41, 5.74) is 6.03. The van der Waals surface area contributed by atoms with Crippen LogP contribution in [0.2, 0.25) is 0 Å². The summed E-state index contributed by atoms with van der Waals surface area (Å²) >= 11 is 0. The number of rotatable bonds is 7. The first kappa shape index (κ1) is 20.5. The minimum absolute atomic E-state index is 0.0293. The summed E-state index contributed by atoms with van der Waals surface area (Å²) in [6.07, 6.45) is -3.35. The van der Waals surface area contributed by atoms with Crippen LogP contribution in [0.3, 0.4) is 0 Å². The van der Waals surface area contributed by atoms with Crippen molar-refractivity contribution < 1.29 is 18.0 Å². The minimum atomic E-state index is -4.34. The van der Waals surface area contributed by atoms with Gasteiger partial charge in [-0.3, -0.25) is 4.79 Å². The fourth-order valence-electron chi connectivity index (χ4n) is 2.34. The Hall–Kier alpha value is -1.56. The maximum absolute atomic E-state index is 12.6. The van der Waals surface area contributed by atoms with E-state index in [-0.39, 0.29) is 24.3 Å². The molecule has 0 aliphatic rings. The second-order valence-electron chi connectivity index (χ2n) is 6.74. The Morgan fingerprint density at radius 1 is 1.17 bits per heavy atom. The van der Waals surface area contributed by atoms with Crippen molar-refractivity contribution >= 4 is 5.91 Å². The van der Waals surface area contributed by atoms with Crippen molar-refractivity contribution in [3.05, 3.63) is 35.4 Å². The molecular formula is C18H27F3N2O. The monoisotopic (exact) mass is 344 g/mol. The molecule has 0 aliphatic carbocycles. The number of benzene rings is 1. The summed E-state index contributed by atoms with van der Waals surface area (Å²) in [6.45, 7) is 6.50. The molecule has 0 radical (unpaired) electrons. The lowest BCUT2D eigenvalue weighted by molar-refractivity contribution is -0.137. The molecule has 2 N–H and O–H groups in total. The number of amides is 1. The predicted octanol–water partition coefficient (Wildman–Crippen LogP) is 4.03. The van der Waals surface area contributed by atoms with Gasteiger partial charge >= 0.3 is 6.18 Å². The van der Waals surface area contributed by atoms with Crippen molar-refractivity contribution in [1.29, 1.82) is 0 Å². The molecule has 2 atom stereocenters. The fourth-order valence-corrected chi connectivity index (χ4v) is 2.34. The highest BCUT2D eigenvalue weighted by Crippen LogP contribution is 2.30. The molecule has 1 aromatic carbocycles. The number of nitrogens with two attached hydrogens (primary N) is 1. The van der Waals surface area contributed by atoms with E-state index in [9.17, 15) is 18.0 Å². The highest BCUT2D eigenvalue weighted by molar-refractivity contribution is 5.76. The molecule has 1 rings (SSSR count). The van der Waals surface area contributed by atoms with E-state index in [1.807, 2.05) is 20.8 Å². The number of alkyl halides is 3. The van der Waals surface area contributed by atoms with Crippen LogP contribution in [0.5, 0.6) is 0 Å². The second-order valence-corrected chi connectivity index (χ2v) is 6.74. The Balaban J connectivity index is 2.57. The number of carbonyl (C=O) groups excluding carboxylic acids is 1. The van der Waals surface area contributed by atoms with Crippen LogP contribution in [-0.4, -0.2) is 30.4 Å². The molecule has 0 aromatic heterocycles. The fraction of sp³-hybridized carbons (Fsp3) is 0.611. The van der Waals surface area contributed by atoms with E-state index >= 15 is 0 Å². The van der Waals surface area contributed by atoms with Crippen LogP contribution < -0.4 is 5.73 Å². The largest absolute Gasteiger partial charge is 0.416 e. The molecule has 0 bridgehead atoms.